The Morgan fingerprint density at radius 1 is 1.53 bits per heavy atom. The maximum atomic E-state index is 11.8. The minimum Gasteiger partial charge on any atom is -0.479 e. The maximum Gasteiger partial charge on any atom is 0.335 e. The molecule has 1 radical (unpaired) electrons. The van der Waals surface area contributed by atoms with Crippen LogP contribution in [0.3, 0.4) is 0 Å². The molecule has 4 nitrogen and oxygen atoms in total. The zero-order valence-electron chi connectivity index (χ0n) is 8.24. The van der Waals surface area contributed by atoms with E-state index < -0.39 is 11.6 Å². The summed E-state index contributed by atoms with van der Waals surface area (Å²) in [4.78, 5) is 13.3. The molecule has 0 saturated carbocycles. The van der Waals surface area contributed by atoms with Gasteiger partial charge in [-0.15, -0.1) is 0 Å². The van der Waals surface area contributed by atoms with Gasteiger partial charge in [0, 0.05) is 28.6 Å². The molecule has 0 amide bonds. The van der Waals surface area contributed by atoms with Crippen molar-refractivity contribution in [3.63, 3.8) is 0 Å². The second-order valence-electron chi connectivity index (χ2n) is 3.04. The van der Waals surface area contributed by atoms with Crippen LogP contribution >= 0.6 is 0 Å². The minimum absolute atomic E-state index is 0. The van der Waals surface area contributed by atoms with Gasteiger partial charge in [0.25, 0.3) is 0 Å². The number of carboxylic acid groups (broad SMARTS) is 1. The Bertz CT molecular complexity index is 287. The number of hydrogen-bond acceptors (Lipinski definition) is 3. The zero-order valence-corrected chi connectivity index (χ0v) is 9.72. The molecule has 1 rings (SSSR count). The van der Waals surface area contributed by atoms with Crippen molar-refractivity contribution < 1.29 is 41.8 Å². The SMILES string of the molecule is CC(C)(O)C(=O)O.Fc1cccnc1.[Ag]. The summed E-state index contributed by atoms with van der Waals surface area (Å²) < 4.78 is 11.8. The van der Waals surface area contributed by atoms with E-state index >= 15 is 0 Å². The molecule has 0 aliphatic carbocycles. The minimum atomic E-state index is -1.58. The van der Waals surface area contributed by atoms with E-state index in [0.717, 1.165) is 0 Å². The number of rotatable bonds is 1. The molecule has 0 aromatic carbocycles. The van der Waals surface area contributed by atoms with Crippen molar-refractivity contribution in [2.24, 2.45) is 0 Å². The van der Waals surface area contributed by atoms with Gasteiger partial charge in [0.15, 0.2) is 5.60 Å². The van der Waals surface area contributed by atoms with E-state index in [0.29, 0.717) is 0 Å². The molecule has 1 aromatic rings. The molecule has 1 aromatic heterocycles. The summed E-state index contributed by atoms with van der Waals surface area (Å²) in [6.07, 6.45) is 2.70. The second kappa shape index (κ2) is 7.53. The van der Waals surface area contributed by atoms with Crippen molar-refractivity contribution in [3.05, 3.63) is 30.3 Å². The molecule has 1 heterocycles. The molecule has 0 bridgehead atoms. The van der Waals surface area contributed by atoms with Crippen LogP contribution in [0.25, 0.3) is 0 Å². The van der Waals surface area contributed by atoms with Gasteiger partial charge in [-0.2, -0.15) is 0 Å². The molecular formula is C9H12AgFNO3. The van der Waals surface area contributed by atoms with Gasteiger partial charge < -0.3 is 10.2 Å². The van der Waals surface area contributed by atoms with Crippen LogP contribution in [-0.2, 0) is 27.2 Å². The summed E-state index contributed by atoms with van der Waals surface area (Å²) in [6, 6.07) is 2.91. The molecule has 6 heteroatoms. The van der Waals surface area contributed by atoms with Crippen molar-refractivity contribution in [2.45, 2.75) is 19.4 Å². The molecule has 15 heavy (non-hydrogen) atoms. The molecule has 0 aliphatic heterocycles. The van der Waals surface area contributed by atoms with E-state index in [1.165, 1.54) is 32.3 Å². The van der Waals surface area contributed by atoms with Crippen molar-refractivity contribution >= 4 is 5.97 Å². The molecule has 2 N–H and O–H groups in total. The molecule has 0 saturated heterocycles. The summed E-state index contributed by atoms with van der Waals surface area (Å²) in [6.45, 7) is 2.44. The van der Waals surface area contributed by atoms with Gasteiger partial charge in [0.05, 0.1) is 6.20 Å². The average Bonchev–Trinajstić information content (AvgIpc) is 2.04. The summed E-state index contributed by atoms with van der Waals surface area (Å²) >= 11 is 0. The zero-order chi connectivity index (χ0) is 11.2. The van der Waals surface area contributed by atoms with Gasteiger partial charge in [-0.05, 0) is 26.0 Å². The van der Waals surface area contributed by atoms with E-state index in [-0.39, 0.29) is 28.2 Å². The molecule has 89 valence electrons. The van der Waals surface area contributed by atoms with Crippen LogP contribution in [0.15, 0.2) is 24.5 Å². The molecule has 0 fully saturated rings. The van der Waals surface area contributed by atoms with Gasteiger partial charge >= 0.3 is 5.97 Å². The Balaban J connectivity index is 0. The summed E-state index contributed by atoms with van der Waals surface area (Å²) in [5, 5.41) is 16.5. The second-order valence-corrected chi connectivity index (χ2v) is 3.04. The van der Waals surface area contributed by atoms with E-state index in [1.54, 1.807) is 6.07 Å². The fourth-order valence-electron chi connectivity index (χ4n) is 0.342. The number of aromatic nitrogens is 1. The third-order valence-electron chi connectivity index (χ3n) is 1.15. The quantitative estimate of drug-likeness (QED) is 0.761. The van der Waals surface area contributed by atoms with Gasteiger partial charge in [-0.25, -0.2) is 9.18 Å². The van der Waals surface area contributed by atoms with Crippen molar-refractivity contribution in [1.82, 2.24) is 4.98 Å². The Kier molecular flexibility index (Phi) is 8.37. The summed E-state index contributed by atoms with van der Waals surface area (Å²) in [5.74, 6) is -1.49. The Morgan fingerprint density at radius 3 is 2.13 bits per heavy atom. The monoisotopic (exact) mass is 308 g/mol. The predicted molar refractivity (Wildman–Crippen MR) is 48.1 cm³/mol. The van der Waals surface area contributed by atoms with Crippen molar-refractivity contribution in [1.29, 1.82) is 0 Å². The number of hydrogen-bond donors (Lipinski definition) is 2. The first-order valence-electron chi connectivity index (χ1n) is 3.85. The number of aliphatic hydroxyl groups is 1. The van der Waals surface area contributed by atoms with Crippen molar-refractivity contribution in [3.8, 4) is 0 Å². The van der Waals surface area contributed by atoms with E-state index in [4.69, 9.17) is 10.2 Å². The summed E-state index contributed by atoms with van der Waals surface area (Å²) in [7, 11) is 0. The van der Waals surface area contributed by atoms with Crippen LogP contribution in [0.1, 0.15) is 13.8 Å². The Morgan fingerprint density at radius 2 is 2.00 bits per heavy atom. The van der Waals surface area contributed by atoms with Gasteiger partial charge in [-0.1, -0.05) is 0 Å². The largest absolute Gasteiger partial charge is 0.479 e. The topological polar surface area (TPSA) is 70.4 Å². The van der Waals surface area contributed by atoms with E-state index in [9.17, 15) is 9.18 Å². The molecule has 0 spiro atoms. The average molecular weight is 309 g/mol. The Labute approximate surface area is 103 Å². The molecular weight excluding hydrogens is 297 g/mol. The van der Waals surface area contributed by atoms with E-state index in [1.807, 2.05) is 0 Å². The molecule has 0 unspecified atom stereocenters. The number of aliphatic carboxylic acids is 1. The smallest absolute Gasteiger partial charge is 0.335 e. The fourth-order valence-corrected chi connectivity index (χ4v) is 0.342. The fraction of sp³-hybridized carbons (Fsp3) is 0.333. The molecule has 0 atom stereocenters. The van der Waals surface area contributed by atoms with Crippen LogP contribution in [0.4, 0.5) is 4.39 Å². The predicted octanol–water partition coefficient (Wildman–Crippen LogP) is 1.06. The van der Waals surface area contributed by atoms with Gasteiger partial charge in [-0.3, -0.25) is 4.98 Å². The summed E-state index contributed by atoms with van der Waals surface area (Å²) in [5.41, 5.74) is -1.58. The van der Waals surface area contributed by atoms with E-state index in [2.05, 4.69) is 4.98 Å². The molecule has 0 aliphatic rings. The van der Waals surface area contributed by atoms with Crippen LogP contribution < -0.4 is 0 Å². The number of carboxylic acids is 1. The third kappa shape index (κ3) is 9.55. The van der Waals surface area contributed by atoms with Crippen LogP contribution in [0.2, 0.25) is 0 Å². The first-order valence-corrected chi connectivity index (χ1v) is 3.85. The standard InChI is InChI=1S/C5H4FN.C4H8O3.Ag/c6-5-2-1-3-7-4-5;1-4(2,7)3(5)6;/h1-4H;7H,1-2H3,(H,5,6);. The number of pyridine rings is 1. The maximum absolute atomic E-state index is 11.8. The first-order chi connectivity index (χ1) is 6.34. The number of halogens is 1. The van der Waals surface area contributed by atoms with Crippen molar-refractivity contribution in [2.75, 3.05) is 0 Å². The number of carbonyl (C=O) groups is 1. The normalized spacial score (nSPS) is 9.33. The van der Waals surface area contributed by atoms with Crippen LogP contribution in [0.5, 0.6) is 0 Å². The van der Waals surface area contributed by atoms with Crippen LogP contribution in [0, 0.1) is 5.82 Å². The Hall–Kier alpha value is -0.750. The first kappa shape index (κ1) is 16.7. The number of nitrogens with zero attached hydrogens (tertiary/aromatic N) is 1. The van der Waals surface area contributed by atoms with Gasteiger partial charge in [0.2, 0.25) is 0 Å². The third-order valence-corrected chi connectivity index (χ3v) is 1.15. The van der Waals surface area contributed by atoms with Gasteiger partial charge in [0.1, 0.15) is 5.82 Å². The van der Waals surface area contributed by atoms with Crippen LogP contribution in [-0.4, -0.2) is 26.8 Å².